The fourth-order valence-corrected chi connectivity index (χ4v) is 3.10. The molecule has 0 spiro atoms. The molecule has 1 amide bonds. The van der Waals surface area contributed by atoms with E-state index < -0.39 is 38.0 Å². The predicted octanol–water partition coefficient (Wildman–Crippen LogP) is 0.562. The first-order chi connectivity index (χ1) is 8.80. The average Bonchev–Trinajstić information content (AvgIpc) is 2.68. The van der Waals surface area contributed by atoms with Crippen LogP contribution in [0.3, 0.4) is 0 Å². The first-order valence-corrected chi connectivity index (χ1v) is 7.06. The summed E-state index contributed by atoms with van der Waals surface area (Å²) < 4.78 is 35.8. The zero-order valence-corrected chi connectivity index (χ0v) is 10.4. The lowest BCUT2D eigenvalue weighted by Crippen LogP contribution is -2.28. The van der Waals surface area contributed by atoms with Crippen molar-refractivity contribution in [2.24, 2.45) is 0 Å². The summed E-state index contributed by atoms with van der Waals surface area (Å²) in [7, 11) is -3.28. The zero-order valence-electron chi connectivity index (χ0n) is 9.58. The van der Waals surface area contributed by atoms with E-state index in [-0.39, 0.29) is 17.9 Å². The molecular weight excluding hydrogens is 279 g/mol. The maximum atomic E-state index is 13.4. The maximum absolute atomic E-state index is 13.4. The third-order valence-corrected chi connectivity index (χ3v) is 4.21. The Labute approximate surface area is 107 Å². The molecule has 1 saturated heterocycles. The summed E-state index contributed by atoms with van der Waals surface area (Å²) in [5.41, 5.74) is -0.842. The van der Waals surface area contributed by atoms with Crippen LogP contribution in [0.25, 0.3) is 0 Å². The molecule has 1 aromatic rings. The van der Waals surface area contributed by atoms with Crippen LogP contribution in [0.15, 0.2) is 18.2 Å². The molecule has 0 unspecified atom stereocenters. The molecule has 2 rings (SSSR count). The molecule has 0 radical (unpaired) electrons. The lowest BCUT2D eigenvalue weighted by Gasteiger charge is -2.13. The number of carbonyl (C=O) groups is 1. The van der Waals surface area contributed by atoms with E-state index in [0.29, 0.717) is 0 Å². The van der Waals surface area contributed by atoms with E-state index in [1.165, 1.54) is 0 Å². The van der Waals surface area contributed by atoms with Crippen LogP contribution in [0.2, 0.25) is 0 Å². The van der Waals surface area contributed by atoms with Gasteiger partial charge in [0.15, 0.2) is 9.84 Å². The molecular formula is C10H9FN2O5S. The van der Waals surface area contributed by atoms with Crippen LogP contribution in [0, 0.1) is 15.9 Å². The molecule has 0 N–H and O–H groups in total. The molecule has 1 aromatic carbocycles. The maximum Gasteiger partial charge on any atom is 0.304 e. The fraction of sp³-hybridized carbons (Fsp3) is 0.300. The van der Waals surface area contributed by atoms with Gasteiger partial charge in [0.05, 0.1) is 10.7 Å². The minimum absolute atomic E-state index is 0.0414. The Hall–Kier alpha value is -2.03. The van der Waals surface area contributed by atoms with Crippen LogP contribution in [-0.4, -0.2) is 42.3 Å². The van der Waals surface area contributed by atoms with Crippen LogP contribution >= 0.6 is 0 Å². The summed E-state index contributed by atoms with van der Waals surface area (Å²) in [5.74, 6) is -2.33. The Bertz CT molecular complexity index is 658. The highest BCUT2D eigenvalue weighted by Crippen LogP contribution is 2.20. The highest BCUT2D eigenvalue weighted by atomic mass is 32.2. The van der Waals surface area contributed by atoms with Crippen molar-refractivity contribution in [2.45, 2.75) is 0 Å². The lowest BCUT2D eigenvalue weighted by atomic mass is 10.2. The highest BCUT2D eigenvalue weighted by Gasteiger charge is 2.30. The van der Waals surface area contributed by atoms with Crippen LogP contribution in [-0.2, 0) is 9.84 Å². The summed E-state index contributed by atoms with van der Waals surface area (Å²) in [6.45, 7) is 0.0414. The minimum atomic E-state index is -3.28. The van der Waals surface area contributed by atoms with Gasteiger partial charge in [0.1, 0.15) is 5.88 Å². The third-order valence-electron chi connectivity index (χ3n) is 2.70. The molecule has 1 heterocycles. The van der Waals surface area contributed by atoms with Crippen molar-refractivity contribution in [3.05, 3.63) is 39.7 Å². The molecule has 1 aliphatic rings. The van der Waals surface area contributed by atoms with Crippen molar-refractivity contribution < 1.29 is 22.5 Å². The standard InChI is InChI=1S/C10H9FN2O5S/c11-8-5-7(1-2-9(8)13(15)16)10(14)12-3-4-19(17,18)6-12/h1-2,5H,3-4,6H2. The normalized spacial score (nSPS) is 17.4. The van der Waals surface area contributed by atoms with E-state index in [1.54, 1.807) is 0 Å². The molecule has 19 heavy (non-hydrogen) atoms. The highest BCUT2D eigenvalue weighted by molar-refractivity contribution is 7.91. The Morgan fingerprint density at radius 2 is 2.11 bits per heavy atom. The number of sulfone groups is 1. The molecule has 1 aliphatic heterocycles. The topological polar surface area (TPSA) is 97.6 Å². The Balaban J connectivity index is 2.26. The van der Waals surface area contributed by atoms with Crippen molar-refractivity contribution in [1.82, 2.24) is 4.90 Å². The molecule has 0 aromatic heterocycles. The van der Waals surface area contributed by atoms with E-state index in [0.717, 1.165) is 23.1 Å². The van der Waals surface area contributed by atoms with Crippen molar-refractivity contribution >= 4 is 21.4 Å². The van der Waals surface area contributed by atoms with Crippen molar-refractivity contribution in [3.8, 4) is 0 Å². The lowest BCUT2D eigenvalue weighted by molar-refractivity contribution is -0.387. The number of halogens is 1. The van der Waals surface area contributed by atoms with E-state index in [9.17, 15) is 27.7 Å². The average molecular weight is 288 g/mol. The molecule has 0 atom stereocenters. The first kappa shape index (κ1) is 13.4. The number of benzene rings is 1. The van der Waals surface area contributed by atoms with Gasteiger partial charge >= 0.3 is 5.69 Å². The number of nitro groups is 1. The zero-order chi connectivity index (χ0) is 14.2. The van der Waals surface area contributed by atoms with Gasteiger partial charge in [-0.15, -0.1) is 0 Å². The quantitative estimate of drug-likeness (QED) is 0.585. The van der Waals surface area contributed by atoms with Gasteiger partial charge in [-0.05, 0) is 12.1 Å². The molecule has 1 fully saturated rings. The molecule has 9 heteroatoms. The van der Waals surface area contributed by atoms with E-state index in [4.69, 9.17) is 0 Å². The second kappa shape index (κ2) is 4.57. The van der Waals surface area contributed by atoms with Crippen LogP contribution in [0.1, 0.15) is 10.4 Å². The van der Waals surface area contributed by atoms with Gasteiger partial charge < -0.3 is 4.90 Å². The number of rotatable bonds is 2. The van der Waals surface area contributed by atoms with E-state index in [2.05, 4.69) is 0 Å². The number of hydrogen-bond donors (Lipinski definition) is 0. The number of carbonyl (C=O) groups excluding carboxylic acids is 1. The smallest absolute Gasteiger partial charge is 0.304 e. The monoisotopic (exact) mass is 288 g/mol. The summed E-state index contributed by atoms with van der Waals surface area (Å²) in [4.78, 5) is 22.5. The largest absolute Gasteiger partial charge is 0.323 e. The van der Waals surface area contributed by atoms with Crippen LogP contribution in [0.5, 0.6) is 0 Å². The van der Waals surface area contributed by atoms with Gasteiger partial charge in [-0.1, -0.05) is 0 Å². The second-order valence-corrected chi connectivity index (χ2v) is 6.22. The molecule has 102 valence electrons. The molecule has 0 aliphatic carbocycles. The summed E-state index contributed by atoms with van der Waals surface area (Å²) in [6, 6.07) is 2.73. The third kappa shape index (κ3) is 2.70. The van der Waals surface area contributed by atoms with Gasteiger partial charge in [0.2, 0.25) is 5.82 Å². The predicted molar refractivity (Wildman–Crippen MR) is 62.7 cm³/mol. The Kier molecular flexibility index (Phi) is 3.23. The SMILES string of the molecule is O=C(c1ccc([N+](=O)[O-])c(F)c1)N1CCS(=O)(=O)C1. The Morgan fingerprint density at radius 1 is 1.42 bits per heavy atom. The molecule has 0 bridgehead atoms. The van der Waals surface area contributed by atoms with Gasteiger partial charge in [0.25, 0.3) is 5.91 Å². The fourth-order valence-electron chi connectivity index (χ4n) is 1.75. The van der Waals surface area contributed by atoms with Gasteiger partial charge in [-0.2, -0.15) is 4.39 Å². The number of hydrogen-bond acceptors (Lipinski definition) is 5. The van der Waals surface area contributed by atoms with Crippen LogP contribution in [0.4, 0.5) is 10.1 Å². The number of nitrogens with zero attached hydrogens (tertiary/aromatic N) is 2. The summed E-state index contributed by atoms with van der Waals surface area (Å²) in [6.07, 6.45) is 0. The number of nitro benzene ring substituents is 1. The van der Waals surface area contributed by atoms with Crippen molar-refractivity contribution in [2.75, 3.05) is 18.2 Å². The van der Waals surface area contributed by atoms with E-state index in [1.807, 2.05) is 0 Å². The number of amides is 1. The van der Waals surface area contributed by atoms with Crippen molar-refractivity contribution in [1.29, 1.82) is 0 Å². The molecule has 0 saturated carbocycles. The van der Waals surface area contributed by atoms with Gasteiger partial charge in [0, 0.05) is 18.2 Å². The van der Waals surface area contributed by atoms with Gasteiger partial charge in [-0.3, -0.25) is 14.9 Å². The van der Waals surface area contributed by atoms with E-state index >= 15 is 0 Å². The van der Waals surface area contributed by atoms with Crippen LogP contribution < -0.4 is 0 Å². The first-order valence-electron chi connectivity index (χ1n) is 5.24. The van der Waals surface area contributed by atoms with Gasteiger partial charge in [-0.25, -0.2) is 8.42 Å². The minimum Gasteiger partial charge on any atom is -0.323 e. The molecule has 7 nitrogen and oxygen atoms in total. The second-order valence-electron chi connectivity index (χ2n) is 4.07. The summed E-state index contributed by atoms with van der Waals surface area (Å²) in [5, 5.41) is 10.4. The Morgan fingerprint density at radius 3 is 2.58 bits per heavy atom. The summed E-state index contributed by atoms with van der Waals surface area (Å²) >= 11 is 0. The van der Waals surface area contributed by atoms with Crippen molar-refractivity contribution in [3.63, 3.8) is 0 Å².